The van der Waals surface area contributed by atoms with Gasteiger partial charge in [-0.15, -0.1) is 10.2 Å². The van der Waals surface area contributed by atoms with E-state index in [0.29, 0.717) is 28.2 Å². The van der Waals surface area contributed by atoms with Gasteiger partial charge in [0, 0.05) is 5.69 Å². The number of thioether (sulfide) groups is 1. The molecule has 0 aliphatic rings. The number of hydrogen-bond acceptors (Lipinski definition) is 5. The summed E-state index contributed by atoms with van der Waals surface area (Å²) in [6.07, 6.45) is 0. The average molecular weight is 417 g/mol. The molecule has 1 N–H and O–H groups in total. The van der Waals surface area contributed by atoms with Gasteiger partial charge in [-0.1, -0.05) is 53.7 Å². The largest absolute Gasteiger partial charge is 0.495 e. The number of aryl methyl sites for hydroxylation is 1. The highest BCUT2D eigenvalue weighted by Crippen LogP contribution is 2.28. The number of carbonyl (C=O) groups is 1. The lowest BCUT2D eigenvalue weighted by Crippen LogP contribution is -2.23. The van der Waals surface area contributed by atoms with E-state index in [1.54, 1.807) is 25.3 Å². The number of carbonyl (C=O) groups excluding carboxylic acids is 1. The number of amides is 1. The molecule has 6 nitrogen and oxygen atoms in total. The number of nitrogens with zero attached hydrogens (tertiary/aromatic N) is 3. The van der Waals surface area contributed by atoms with Gasteiger partial charge in [-0.05, 0) is 37.6 Å². The summed E-state index contributed by atoms with van der Waals surface area (Å²) in [5.74, 6) is 1.23. The molecule has 0 spiro atoms. The Bertz CT molecular complexity index is 962. The second-order valence-corrected chi connectivity index (χ2v) is 7.92. The highest BCUT2D eigenvalue weighted by atomic mass is 35.5. The van der Waals surface area contributed by atoms with Crippen molar-refractivity contribution in [2.24, 2.45) is 0 Å². The molecule has 28 heavy (non-hydrogen) atoms. The number of ether oxygens (including phenoxy) is 1. The lowest BCUT2D eigenvalue weighted by atomic mass is 10.2. The van der Waals surface area contributed by atoms with E-state index in [2.05, 4.69) is 27.6 Å². The van der Waals surface area contributed by atoms with E-state index in [1.165, 1.54) is 11.8 Å². The van der Waals surface area contributed by atoms with Crippen molar-refractivity contribution in [1.82, 2.24) is 14.8 Å². The number of benzene rings is 2. The summed E-state index contributed by atoms with van der Waals surface area (Å²) in [4.78, 5) is 12.6. The predicted molar refractivity (Wildman–Crippen MR) is 112 cm³/mol. The second-order valence-electron chi connectivity index (χ2n) is 6.20. The van der Waals surface area contributed by atoms with Crippen LogP contribution in [0.25, 0.3) is 0 Å². The van der Waals surface area contributed by atoms with Gasteiger partial charge in [0.1, 0.15) is 11.6 Å². The molecule has 0 fully saturated rings. The quantitative estimate of drug-likeness (QED) is 0.577. The molecule has 2 aromatic carbocycles. The van der Waals surface area contributed by atoms with Crippen molar-refractivity contribution in [2.45, 2.75) is 30.8 Å². The van der Waals surface area contributed by atoms with Crippen LogP contribution in [0.1, 0.15) is 18.3 Å². The van der Waals surface area contributed by atoms with Crippen LogP contribution in [0.2, 0.25) is 5.02 Å². The second kappa shape index (κ2) is 9.12. The van der Waals surface area contributed by atoms with Crippen molar-refractivity contribution in [2.75, 3.05) is 12.4 Å². The van der Waals surface area contributed by atoms with Gasteiger partial charge in [-0.3, -0.25) is 4.79 Å². The highest BCUT2D eigenvalue weighted by Gasteiger charge is 2.20. The standard InChI is InChI=1S/C20H21ClN4O2S/c1-13(19(26)22-16-9-10-18(27-3)17(21)11-16)28-20-24-23-14(2)25(20)12-15-7-5-4-6-8-15/h4-11,13H,12H2,1-3H3,(H,22,26)/t13-/m1/s1. The maximum atomic E-state index is 12.6. The molecular weight excluding hydrogens is 396 g/mol. The number of anilines is 1. The first-order valence-corrected chi connectivity index (χ1v) is 9.98. The zero-order chi connectivity index (χ0) is 20.1. The molecule has 0 saturated heterocycles. The fourth-order valence-corrected chi connectivity index (χ4v) is 3.75. The van der Waals surface area contributed by atoms with E-state index in [4.69, 9.17) is 16.3 Å². The zero-order valence-electron chi connectivity index (χ0n) is 15.8. The van der Waals surface area contributed by atoms with Crippen LogP contribution in [0, 0.1) is 6.92 Å². The zero-order valence-corrected chi connectivity index (χ0v) is 17.4. The van der Waals surface area contributed by atoms with Gasteiger partial charge in [0.25, 0.3) is 0 Å². The van der Waals surface area contributed by atoms with Crippen LogP contribution >= 0.6 is 23.4 Å². The molecule has 1 heterocycles. The lowest BCUT2D eigenvalue weighted by molar-refractivity contribution is -0.115. The predicted octanol–water partition coefficient (Wildman–Crippen LogP) is 4.42. The maximum Gasteiger partial charge on any atom is 0.237 e. The summed E-state index contributed by atoms with van der Waals surface area (Å²) < 4.78 is 7.14. The van der Waals surface area contributed by atoms with Crippen LogP contribution in [0.3, 0.4) is 0 Å². The van der Waals surface area contributed by atoms with Gasteiger partial charge in [-0.25, -0.2) is 0 Å². The van der Waals surface area contributed by atoms with Crippen LogP contribution in [0.4, 0.5) is 5.69 Å². The Kier molecular flexibility index (Phi) is 6.59. The van der Waals surface area contributed by atoms with Crippen molar-refractivity contribution in [3.05, 3.63) is 64.9 Å². The van der Waals surface area contributed by atoms with Gasteiger partial charge in [0.2, 0.25) is 5.91 Å². The minimum Gasteiger partial charge on any atom is -0.495 e. The summed E-state index contributed by atoms with van der Waals surface area (Å²) in [6.45, 7) is 4.40. The Morgan fingerprint density at radius 2 is 2.00 bits per heavy atom. The molecule has 146 valence electrons. The highest BCUT2D eigenvalue weighted by molar-refractivity contribution is 8.00. The lowest BCUT2D eigenvalue weighted by Gasteiger charge is -2.14. The topological polar surface area (TPSA) is 69.0 Å². The van der Waals surface area contributed by atoms with E-state index in [-0.39, 0.29) is 11.2 Å². The first kappa shape index (κ1) is 20.2. The Labute approximate surface area is 173 Å². The summed E-state index contributed by atoms with van der Waals surface area (Å²) >= 11 is 7.49. The summed E-state index contributed by atoms with van der Waals surface area (Å²) in [5.41, 5.74) is 1.77. The number of nitrogens with one attached hydrogen (secondary N) is 1. The Morgan fingerprint density at radius 1 is 1.25 bits per heavy atom. The van der Waals surface area contributed by atoms with Crippen molar-refractivity contribution >= 4 is 35.0 Å². The molecule has 0 saturated carbocycles. The molecular formula is C20H21ClN4O2S. The summed E-state index contributed by atoms with van der Waals surface area (Å²) in [6, 6.07) is 15.2. The smallest absolute Gasteiger partial charge is 0.237 e. The van der Waals surface area contributed by atoms with Gasteiger partial charge in [0.05, 0.1) is 23.9 Å². The van der Waals surface area contributed by atoms with E-state index in [0.717, 1.165) is 11.4 Å². The van der Waals surface area contributed by atoms with Crippen molar-refractivity contribution in [3.8, 4) is 5.75 Å². The fraction of sp³-hybridized carbons (Fsp3) is 0.250. The molecule has 3 aromatic rings. The van der Waals surface area contributed by atoms with E-state index in [1.807, 2.05) is 36.6 Å². The third-order valence-electron chi connectivity index (χ3n) is 4.16. The number of aromatic nitrogens is 3. The number of methoxy groups -OCH3 is 1. The van der Waals surface area contributed by atoms with Gasteiger partial charge in [-0.2, -0.15) is 0 Å². The Morgan fingerprint density at radius 3 is 2.68 bits per heavy atom. The first-order chi connectivity index (χ1) is 13.5. The molecule has 1 aromatic heterocycles. The average Bonchev–Trinajstić information content (AvgIpc) is 3.02. The van der Waals surface area contributed by atoms with E-state index in [9.17, 15) is 4.79 Å². The molecule has 1 amide bonds. The third kappa shape index (κ3) is 4.85. The Hall–Kier alpha value is -2.51. The van der Waals surface area contributed by atoms with Crippen LogP contribution in [-0.2, 0) is 11.3 Å². The van der Waals surface area contributed by atoms with Crippen molar-refractivity contribution < 1.29 is 9.53 Å². The third-order valence-corrected chi connectivity index (χ3v) is 5.53. The molecule has 0 bridgehead atoms. The van der Waals surface area contributed by atoms with Gasteiger partial charge in [0.15, 0.2) is 5.16 Å². The van der Waals surface area contributed by atoms with Crippen LogP contribution < -0.4 is 10.1 Å². The molecule has 0 unspecified atom stereocenters. The molecule has 0 aliphatic heterocycles. The SMILES string of the molecule is COc1ccc(NC(=O)[C@@H](C)Sc2nnc(C)n2Cc2ccccc2)cc1Cl. The number of hydrogen-bond donors (Lipinski definition) is 1. The summed E-state index contributed by atoms with van der Waals surface area (Å²) in [5, 5.41) is 12.1. The minimum absolute atomic E-state index is 0.141. The van der Waals surface area contributed by atoms with Gasteiger partial charge < -0.3 is 14.6 Å². The molecule has 8 heteroatoms. The van der Waals surface area contributed by atoms with Crippen molar-refractivity contribution in [3.63, 3.8) is 0 Å². The number of halogens is 1. The molecule has 0 radical (unpaired) electrons. The van der Waals surface area contributed by atoms with Crippen LogP contribution in [0.5, 0.6) is 5.75 Å². The van der Waals surface area contributed by atoms with E-state index < -0.39 is 0 Å². The van der Waals surface area contributed by atoms with Crippen molar-refractivity contribution in [1.29, 1.82) is 0 Å². The number of rotatable bonds is 7. The van der Waals surface area contributed by atoms with Crippen LogP contribution in [0.15, 0.2) is 53.7 Å². The van der Waals surface area contributed by atoms with Gasteiger partial charge >= 0.3 is 0 Å². The maximum absolute atomic E-state index is 12.6. The first-order valence-electron chi connectivity index (χ1n) is 8.72. The summed E-state index contributed by atoms with van der Waals surface area (Å²) in [7, 11) is 1.55. The normalized spacial score (nSPS) is 11.9. The molecule has 0 aliphatic carbocycles. The minimum atomic E-state index is -0.362. The fourth-order valence-electron chi connectivity index (χ4n) is 2.60. The van der Waals surface area contributed by atoms with E-state index >= 15 is 0 Å². The molecule has 3 rings (SSSR count). The monoisotopic (exact) mass is 416 g/mol. The molecule has 1 atom stereocenters. The van der Waals surface area contributed by atoms with Crippen LogP contribution in [-0.4, -0.2) is 33.0 Å². The Balaban J connectivity index is 1.68.